The number of anilines is 1. The number of fused-ring (bicyclic) bond motifs is 1. The van der Waals surface area contributed by atoms with Crippen LogP contribution in [0.5, 0.6) is 0 Å². The number of rotatable bonds is 7. The van der Waals surface area contributed by atoms with Crippen molar-refractivity contribution >= 4 is 28.5 Å². The van der Waals surface area contributed by atoms with Crippen molar-refractivity contribution in [1.29, 1.82) is 0 Å². The summed E-state index contributed by atoms with van der Waals surface area (Å²) in [6, 6.07) is 2.67. The lowest BCUT2D eigenvalue weighted by Gasteiger charge is -2.22. The predicted molar refractivity (Wildman–Crippen MR) is 135 cm³/mol. The van der Waals surface area contributed by atoms with Crippen molar-refractivity contribution in [3.05, 3.63) is 53.6 Å². The fourth-order valence-electron chi connectivity index (χ4n) is 5.02. The zero-order valence-corrected chi connectivity index (χ0v) is 20.7. The highest BCUT2D eigenvalue weighted by molar-refractivity contribution is 6.00. The fourth-order valence-corrected chi connectivity index (χ4v) is 5.02. The predicted octanol–water partition coefficient (Wildman–Crippen LogP) is 2.22. The number of carbonyl (C=O) groups is 2. The number of nitrogens with zero attached hydrogens (tertiary/aromatic N) is 5. The van der Waals surface area contributed by atoms with E-state index in [0.29, 0.717) is 36.5 Å². The fraction of sp³-hybridized carbons (Fsp3) is 0.385. The van der Waals surface area contributed by atoms with Gasteiger partial charge in [0.25, 0.3) is 5.91 Å². The number of methoxy groups -OCH3 is 1. The third-order valence-corrected chi connectivity index (χ3v) is 6.84. The number of nitrogens with two attached hydrogens (primary N) is 1. The van der Waals surface area contributed by atoms with E-state index in [1.165, 1.54) is 18.2 Å². The van der Waals surface area contributed by atoms with Gasteiger partial charge in [-0.25, -0.2) is 9.07 Å². The Kier molecular flexibility index (Phi) is 6.43. The van der Waals surface area contributed by atoms with Gasteiger partial charge in [0.05, 0.1) is 36.4 Å². The number of likely N-dealkylation sites (tertiary alicyclic amines) is 1. The number of nitrogens with one attached hydrogen (secondary N) is 1. The van der Waals surface area contributed by atoms with E-state index in [0.717, 1.165) is 18.2 Å². The lowest BCUT2D eigenvalue weighted by Crippen LogP contribution is -2.37. The number of primary amides is 1. The van der Waals surface area contributed by atoms with Gasteiger partial charge in [0, 0.05) is 31.7 Å². The van der Waals surface area contributed by atoms with Crippen LogP contribution in [-0.2, 0) is 9.53 Å². The number of aromatic nitrogens is 4. The highest BCUT2D eigenvalue weighted by atomic mass is 19.1. The first-order valence-corrected chi connectivity index (χ1v) is 12.1. The van der Waals surface area contributed by atoms with Crippen LogP contribution in [0.4, 0.5) is 10.2 Å². The van der Waals surface area contributed by atoms with Gasteiger partial charge < -0.3 is 20.7 Å². The van der Waals surface area contributed by atoms with Crippen LogP contribution in [-0.4, -0.2) is 69.6 Å². The summed E-state index contributed by atoms with van der Waals surface area (Å²) in [5, 5.41) is 12.8. The third-order valence-electron chi connectivity index (χ3n) is 6.84. The maximum absolute atomic E-state index is 14.5. The molecule has 2 atom stereocenters. The van der Waals surface area contributed by atoms with Crippen LogP contribution in [0.3, 0.4) is 0 Å². The summed E-state index contributed by atoms with van der Waals surface area (Å²) in [5.41, 5.74) is 7.16. The van der Waals surface area contributed by atoms with E-state index in [1.807, 2.05) is 4.68 Å². The first-order chi connectivity index (χ1) is 17.9. The zero-order chi connectivity index (χ0) is 26.3. The molecule has 0 bridgehead atoms. The number of carbonyl (C=O) groups excluding carboxylic acids is 2. The molecule has 1 aliphatic carbocycles. The molecule has 192 valence electrons. The van der Waals surface area contributed by atoms with Crippen LogP contribution >= 0.6 is 0 Å². The molecular formula is C26H28FN7O3. The SMILES string of the molecule is C=CC(=O)N1C[C@@H](n2nc(C#Cc3cc(F)cc4c3cnn4C3CC3)c(C(N)=O)c2NC)C[C@@H]1COC. The highest BCUT2D eigenvalue weighted by Crippen LogP contribution is 2.37. The minimum absolute atomic E-state index is 0.133. The number of benzene rings is 1. The Balaban J connectivity index is 1.55. The largest absolute Gasteiger partial charge is 0.383 e. The van der Waals surface area contributed by atoms with E-state index < -0.39 is 11.7 Å². The summed E-state index contributed by atoms with van der Waals surface area (Å²) in [4.78, 5) is 26.6. The lowest BCUT2D eigenvalue weighted by molar-refractivity contribution is -0.127. The molecule has 2 fully saturated rings. The first-order valence-electron chi connectivity index (χ1n) is 12.1. The van der Waals surface area contributed by atoms with Crippen molar-refractivity contribution in [1.82, 2.24) is 24.5 Å². The molecule has 2 aliphatic rings. The summed E-state index contributed by atoms with van der Waals surface area (Å²) in [6.45, 7) is 4.29. The van der Waals surface area contributed by atoms with Gasteiger partial charge in [-0.2, -0.15) is 10.2 Å². The number of amides is 2. The van der Waals surface area contributed by atoms with Gasteiger partial charge in [-0.1, -0.05) is 12.5 Å². The van der Waals surface area contributed by atoms with Crippen molar-refractivity contribution in [3.8, 4) is 11.8 Å². The molecule has 0 spiro atoms. The van der Waals surface area contributed by atoms with E-state index in [9.17, 15) is 14.0 Å². The smallest absolute Gasteiger partial charge is 0.255 e. The van der Waals surface area contributed by atoms with Crippen molar-refractivity contribution in [3.63, 3.8) is 0 Å². The van der Waals surface area contributed by atoms with Gasteiger partial charge in [0.1, 0.15) is 17.2 Å². The van der Waals surface area contributed by atoms with E-state index in [1.54, 1.807) is 29.9 Å². The van der Waals surface area contributed by atoms with E-state index in [-0.39, 0.29) is 35.3 Å². The van der Waals surface area contributed by atoms with Crippen LogP contribution in [0.2, 0.25) is 0 Å². The van der Waals surface area contributed by atoms with Gasteiger partial charge in [-0.15, -0.1) is 0 Å². The molecule has 1 saturated heterocycles. The number of ether oxygens (including phenoxy) is 1. The van der Waals surface area contributed by atoms with Crippen molar-refractivity contribution in [2.24, 2.45) is 5.73 Å². The average Bonchev–Trinajstić information content (AvgIpc) is 3.32. The third kappa shape index (κ3) is 4.44. The van der Waals surface area contributed by atoms with Crippen molar-refractivity contribution in [2.75, 3.05) is 32.6 Å². The molecule has 10 nitrogen and oxygen atoms in total. The minimum atomic E-state index is -0.698. The molecule has 1 aromatic carbocycles. The second kappa shape index (κ2) is 9.71. The summed E-state index contributed by atoms with van der Waals surface area (Å²) >= 11 is 0. The van der Waals surface area contributed by atoms with Crippen LogP contribution in [0.15, 0.2) is 31.0 Å². The van der Waals surface area contributed by atoms with Crippen LogP contribution in [0.1, 0.15) is 53.0 Å². The molecule has 1 saturated carbocycles. The second-order valence-electron chi connectivity index (χ2n) is 9.28. The zero-order valence-electron chi connectivity index (χ0n) is 20.7. The van der Waals surface area contributed by atoms with Crippen molar-refractivity contribution < 1.29 is 18.7 Å². The van der Waals surface area contributed by atoms with Gasteiger partial charge in [0.15, 0.2) is 5.69 Å². The standard InChI is InChI=1S/C26H28FN7O3/c1-4-23(35)32-13-18(11-19(32)14-37-3)34-26(29-2)24(25(28)36)21(31-34)8-5-15-9-16(27)10-22-20(15)12-30-33(22)17-6-7-17/h4,9-10,12,17-19,29H,1,6-7,11,13-14H2,2-3H3,(H2,28,36)/t18-,19+/m0/s1. The Morgan fingerprint density at radius 2 is 2.08 bits per heavy atom. The van der Waals surface area contributed by atoms with Crippen molar-refractivity contribution in [2.45, 2.75) is 37.4 Å². The molecule has 2 aromatic heterocycles. The molecule has 37 heavy (non-hydrogen) atoms. The van der Waals surface area contributed by atoms with Gasteiger partial charge >= 0.3 is 0 Å². The molecule has 3 aromatic rings. The van der Waals surface area contributed by atoms with Gasteiger partial charge in [0.2, 0.25) is 5.91 Å². The Morgan fingerprint density at radius 1 is 1.30 bits per heavy atom. The molecular weight excluding hydrogens is 477 g/mol. The van der Waals surface area contributed by atoms with Crippen LogP contribution < -0.4 is 11.1 Å². The normalized spacial score (nSPS) is 19.1. The van der Waals surface area contributed by atoms with E-state index in [4.69, 9.17) is 10.5 Å². The number of hydrogen-bond donors (Lipinski definition) is 2. The van der Waals surface area contributed by atoms with Crippen LogP contribution in [0.25, 0.3) is 10.9 Å². The molecule has 0 unspecified atom stereocenters. The summed E-state index contributed by atoms with van der Waals surface area (Å²) in [6.07, 6.45) is 5.54. The summed E-state index contributed by atoms with van der Waals surface area (Å²) in [7, 11) is 3.24. The molecule has 3 heterocycles. The Labute approximate surface area is 213 Å². The molecule has 3 N–H and O–H groups in total. The molecule has 1 aliphatic heterocycles. The molecule has 2 amide bonds. The van der Waals surface area contributed by atoms with Gasteiger partial charge in [-0.05, 0) is 43.4 Å². The molecule has 11 heteroatoms. The number of hydrogen-bond acceptors (Lipinski definition) is 6. The summed E-state index contributed by atoms with van der Waals surface area (Å²) in [5.74, 6) is 4.99. The topological polar surface area (TPSA) is 120 Å². The Hall–Kier alpha value is -4.17. The maximum Gasteiger partial charge on any atom is 0.255 e. The minimum Gasteiger partial charge on any atom is -0.383 e. The highest BCUT2D eigenvalue weighted by Gasteiger charge is 2.38. The molecule has 5 rings (SSSR count). The second-order valence-corrected chi connectivity index (χ2v) is 9.28. The molecule has 0 radical (unpaired) electrons. The Morgan fingerprint density at radius 3 is 2.73 bits per heavy atom. The summed E-state index contributed by atoms with van der Waals surface area (Å²) < 4.78 is 23.3. The van der Waals surface area contributed by atoms with Gasteiger partial charge in [-0.3, -0.25) is 14.3 Å². The van der Waals surface area contributed by atoms with E-state index in [2.05, 4.69) is 33.9 Å². The first kappa shape index (κ1) is 24.5. The van der Waals surface area contributed by atoms with Crippen LogP contribution in [0, 0.1) is 17.7 Å². The quantitative estimate of drug-likeness (QED) is 0.375. The Bertz CT molecular complexity index is 1460. The lowest BCUT2D eigenvalue weighted by atomic mass is 10.1. The monoisotopic (exact) mass is 505 g/mol. The number of halogens is 1. The maximum atomic E-state index is 14.5. The van der Waals surface area contributed by atoms with E-state index >= 15 is 0 Å². The average molecular weight is 506 g/mol.